The molecule has 1 unspecified atom stereocenters. The molecule has 1 aromatic heterocycles. The molecule has 1 heterocycles. The van der Waals surface area contributed by atoms with E-state index in [0.717, 1.165) is 5.01 Å². The minimum atomic E-state index is -0.902. The van der Waals surface area contributed by atoms with Crippen molar-refractivity contribution in [3.05, 3.63) is 15.6 Å². The minimum absolute atomic E-state index is 0.553. The van der Waals surface area contributed by atoms with Crippen LogP contribution in [0.4, 0.5) is 4.79 Å². The normalized spacial score (nSPS) is 12.7. The van der Waals surface area contributed by atoms with Gasteiger partial charge in [0.05, 0.1) is 22.7 Å². The van der Waals surface area contributed by atoms with Gasteiger partial charge in [0, 0.05) is 0 Å². The van der Waals surface area contributed by atoms with Crippen LogP contribution in [0.2, 0.25) is 0 Å². The minimum Gasteiger partial charge on any atom is -0.467 e. The first-order valence-electron chi connectivity index (χ1n) is 6.15. The van der Waals surface area contributed by atoms with E-state index >= 15 is 0 Å². The second-order valence-electron chi connectivity index (χ2n) is 5.28. The summed E-state index contributed by atoms with van der Waals surface area (Å²) >= 11 is 1.34. The Balaban J connectivity index is 2.94. The van der Waals surface area contributed by atoms with Crippen LogP contribution in [0.3, 0.4) is 0 Å². The lowest BCUT2D eigenvalue weighted by Gasteiger charge is -2.22. The van der Waals surface area contributed by atoms with Gasteiger partial charge in [0.2, 0.25) is 0 Å². The predicted molar refractivity (Wildman–Crippen MR) is 75.7 cm³/mol. The Morgan fingerprint density at radius 1 is 1.30 bits per heavy atom. The number of thiazole rings is 1. The third-order valence-corrected chi connectivity index (χ3v) is 3.44. The number of hydrogen-bond donors (Lipinski definition) is 1. The van der Waals surface area contributed by atoms with Gasteiger partial charge in [-0.3, -0.25) is 0 Å². The van der Waals surface area contributed by atoms with Crippen molar-refractivity contribution in [1.82, 2.24) is 10.3 Å². The third-order valence-electron chi connectivity index (χ3n) is 2.30. The molecule has 0 saturated carbocycles. The van der Waals surface area contributed by atoms with Gasteiger partial charge in [0.1, 0.15) is 5.60 Å². The van der Waals surface area contributed by atoms with Crippen LogP contribution in [0.1, 0.15) is 42.4 Å². The molecular formula is C13H20N2O4S. The molecule has 112 valence electrons. The zero-order valence-electron chi connectivity index (χ0n) is 12.6. The first-order chi connectivity index (χ1) is 9.14. The number of nitrogens with zero attached hydrogens (tertiary/aromatic N) is 1. The number of amides is 1. The van der Waals surface area contributed by atoms with Crippen LogP contribution in [0, 0.1) is 13.8 Å². The van der Waals surface area contributed by atoms with Crippen LogP contribution >= 0.6 is 11.3 Å². The van der Waals surface area contributed by atoms with E-state index in [1.807, 2.05) is 6.92 Å². The Labute approximate surface area is 122 Å². The molecule has 1 N–H and O–H groups in total. The van der Waals surface area contributed by atoms with Gasteiger partial charge in [-0.15, -0.1) is 11.3 Å². The molecule has 0 aliphatic rings. The van der Waals surface area contributed by atoms with Crippen molar-refractivity contribution in [3.8, 4) is 0 Å². The molecule has 1 atom stereocenters. The molecule has 0 fully saturated rings. The van der Waals surface area contributed by atoms with Gasteiger partial charge < -0.3 is 14.8 Å². The highest BCUT2D eigenvalue weighted by molar-refractivity contribution is 7.11. The lowest BCUT2D eigenvalue weighted by Crippen LogP contribution is -2.38. The second-order valence-corrected chi connectivity index (χ2v) is 6.52. The molecule has 0 saturated heterocycles. The average molecular weight is 300 g/mol. The van der Waals surface area contributed by atoms with E-state index in [1.165, 1.54) is 18.4 Å². The summed E-state index contributed by atoms with van der Waals surface area (Å²) in [6.45, 7) is 8.88. The quantitative estimate of drug-likeness (QED) is 0.868. The number of alkyl carbamates (subject to hydrolysis) is 1. The van der Waals surface area contributed by atoms with Crippen LogP contribution in [0.15, 0.2) is 0 Å². The summed E-state index contributed by atoms with van der Waals surface area (Å²) in [5.74, 6) is -0.553. The highest BCUT2D eigenvalue weighted by Crippen LogP contribution is 2.26. The SMILES string of the molecule is COC(=O)C(NC(=O)OC(C)(C)C)c1sc(C)nc1C. The van der Waals surface area contributed by atoms with E-state index < -0.39 is 23.7 Å². The van der Waals surface area contributed by atoms with Crippen LogP contribution in [-0.2, 0) is 14.3 Å². The summed E-state index contributed by atoms with van der Waals surface area (Å²) in [6, 6.07) is -0.902. The molecule has 0 spiro atoms. The van der Waals surface area contributed by atoms with Gasteiger partial charge >= 0.3 is 12.1 Å². The third kappa shape index (κ3) is 4.48. The molecular weight excluding hydrogens is 280 g/mol. The number of hydrogen-bond acceptors (Lipinski definition) is 6. The molecule has 0 aliphatic heterocycles. The monoisotopic (exact) mass is 300 g/mol. The number of methoxy groups -OCH3 is 1. The summed E-state index contributed by atoms with van der Waals surface area (Å²) in [7, 11) is 1.27. The summed E-state index contributed by atoms with van der Waals surface area (Å²) in [5.41, 5.74) is 0.0580. The van der Waals surface area contributed by atoms with Crippen molar-refractivity contribution >= 4 is 23.4 Å². The van der Waals surface area contributed by atoms with E-state index in [1.54, 1.807) is 27.7 Å². The van der Waals surface area contributed by atoms with E-state index in [4.69, 9.17) is 9.47 Å². The molecule has 0 bridgehead atoms. The molecule has 0 aliphatic carbocycles. The average Bonchev–Trinajstić information content (AvgIpc) is 2.62. The zero-order valence-corrected chi connectivity index (χ0v) is 13.4. The fourth-order valence-electron chi connectivity index (χ4n) is 1.59. The zero-order chi connectivity index (χ0) is 15.5. The van der Waals surface area contributed by atoms with Gasteiger partial charge in [-0.1, -0.05) is 0 Å². The Bertz CT molecular complexity index is 505. The Morgan fingerprint density at radius 2 is 1.90 bits per heavy atom. The van der Waals surface area contributed by atoms with Gasteiger partial charge in [0.15, 0.2) is 6.04 Å². The van der Waals surface area contributed by atoms with Crippen molar-refractivity contribution in [1.29, 1.82) is 0 Å². The van der Waals surface area contributed by atoms with Crippen molar-refractivity contribution in [3.63, 3.8) is 0 Å². The summed E-state index contributed by atoms with van der Waals surface area (Å²) in [6.07, 6.45) is -0.668. The van der Waals surface area contributed by atoms with Crippen LogP contribution in [0.5, 0.6) is 0 Å². The fourth-order valence-corrected chi connectivity index (χ4v) is 2.56. The number of aromatic nitrogens is 1. The molecule has 0 radical (unpaired) electrons. The van der Waals surface area contributed by atoms with E-state index in [-0.39, 0.29) is 0 Å². The van der Waals surface area contributed by atoms with Crippen molar-refractivity contribution in [2.45, 2.75) is 46.3 Å². The van der Waals surface area contributed by atoms with Crippen LogP contribution in [0.25, 0.3) is 0 Å². The molecule has 20 heavy (non-hydrogen) atoms. The van der Waals surface area contributed by atoms with Crippen molar-refractivity contribution in [2.24, 2.45) is 0 Å². The maximum absolute atomic E-state index is 11.9. The van der Waals surface area contributed by atoms with Gasteiger partial charge in [0.25, 0.3) is 0 Å². The number of ether oxygens (including phenoxy) is 2. The fraction of sp³-hybridized carbons (Fsp3) is 0.615. The maximum atomic E-state index is 11.9. The van der Waals surface area contributed by atoms with E-state index in [0.29, 0.717) is 10.6 Å². The largest absolute Gasteiger partial charge is 0.467 e. The molecule has 7 heteroatoms. The lowest BCUT2D eigenvalue weighted by molar-refractivity contribution is -0.143. The first-order valence-corrected chi connectivity index (χ1v) is 6.97. The molecule has 0 aromatic carbocycles. The highest BCUT2D eigenvalue weighted by atomic mass is 32.1. The predicted octanol–water partition coefficient (Wildman–Crippen LogP) is 2.50. The highest BCUT2D eigenvalue weighted by Gasteiger charge is 2.29. The number of nitrogens with one attached hydrogen (secondary N) is 1. The molecule has 6 nitrogen and oxygen atoms in total. The molecule has 1 aromatic rings. The van der Waals surface area contributed by atoms with Crippen molar-refractivity contribution in [2.75, 3.05) is 7.11 Å². The smallest absolute Gasteiger partial charge is 0.408 e. The topological polar surface area (TPSA) is 77.5 Å². The summed E-state index contributed by atoms with van der Waals surface area (Å²) in [5, 5.41) is 3.35. The van der Waals surface area contributed by atoms with Crippen LogP contribution < -0.4 is 5.32 Å². The molecule has 1 rings (SSSR count). The number of carbonyl (C=O) groups is 2. The standard InChI is InChI=1S/C13H20N2O4S/c1-7-10(20-8(2)14-7)9(11(16)18-6)15-12(17)19-13(3,4)5/h9H,1-6H3,(H,15,17). The molecule has 1 amide bonds. The van der Waals surface area contributed by atoms with E-state index in [9.17, 15) is 9.59 Å². The van der Waals surface area contributed by atoms with Gasteiger partial charge in [-0.05, 0) is 34.6 Å². The number of rotatable bonds is 3. The van der Waals surface area contributed by atoms with Gasteiger partial charge in [-0.25, -0.2) is 14.6 Å². The second kappa shape index (κ2) is 6.21. The number of aryl methyl sites for hydroxylation is 2. The van der Waals surface area contributed by atoms with Gasteiger partial charge in [-0.2, -0.15) is 0 Å². The van der Waals surface area contributed by atoms with Crippen molar-refractivity contribution < 1.29 is 19.1 Å². The lowest BCUT2D eigenvalue weighted by atomic mass is 10.2. The number of carbonyl (C=O) groups excluding carboxylic acids is 2. The Kier molecular flexibility index (Phi) is 5.10. The number of esters is 1. The summed E-state index contributed by atoms with van der Waals surface area (Å²) in [4.78, 5) is 28.6. The van der Waals surface area contributed by atoms with Crippen LogP contribution in [-0.4, -0.2) is 29.8 Å². The maximum Gasteiger partial charge on any atom is 0.408 e. The Hall–Kier alpha value is -1.63. The van der Waals surface area contributed by atoms with E-state index in [2.05, 4.69) is 10.3 Å². The summed E-state index contributed by atoms with van der Waals surface area (Å²) < 4.78 is 9.89. The Morgan fingerprint density at radius 3 is 2.30 bits per heavy atom. The first kappa shape index (κ1) is 16.4.